The first kappa shape index (κ1) is 20.2. The van der Waals surface area contributed by atoms with E-state index in [9.17, 15) is 9.59 Å². The summed E-state index contributed by atoms with van der Waals surface area (Å²) in [5, 5.41) is 0.161. The number of halogens is 1. The molecule has 0 amide bonds. The third-order valence-corrected chi connectivity index (χ3v) is 5.75. The number of nitrogens with zero attached hydrogens (tertiary/aromatic N) is 1. The van der Waals surface area contributed by atoms with Crippen LogP contribution in [0.3, 0.4) is 0 Å². The average molecular weight is 430 g/mol. The second kappa shape index (κ2) is 7.65. The van der Waals surface area contributed by atoms with Gasteiger partial charge in [0.05, 0.1) is 14.2 Å². The Hall–Kier alpha value is -3.06. The van der Waals surface area contributed by atoms with Gasteiger partial charge in [-0.2, -0.15) is 0 Å². The Kier molecular flexibility index (Phi) is 5.15. The lowest BCUT2D eigenvalue weighted by Gasteiger charge is -2.37. The third-order valence-electron chi connectivity index (χ3n) is 5.40. The Bertz CT molecular complexity index is 1050. The molecule has 2 aromatic rings. The van der Waals surface area contributed by atoms with Crippen LogP contribution in [0.2, 0.25) is 5.02 Å². The molecule has 2 heterocycles. The van der Waals surface area contributed by atoms with Crippen molar-refractivity contribution in [1.29, 1.82) is 0 Å². The molecule has 2 atom stereocenters. The molecule has 7 nitrogen and oxygen atoms in total. The molecule has 8 heteroatoms. The molecule has 156 valence electrons. The SMILES string of the molecule is COc1cc(OC)c2c(c1Cl)O[C@]1(C2=O)C(OCc2cccnc2)=CC(=O)C[C@H]1C. The van der Waals surface area contributed by atoms with Crippen LogP contribution in [-0.4, -0.2) is 36.4 Å². The molecule has 1 spiro atoms. The predicted molar refractivity (Wildman–Crippen MR) is 108 cm³/mol. The molecule has 0 saturated heterocycles. The number of Topliss-reactive ketones (excluding diaryl/α,β-unsaturated/α-hetero) is 1. The van der Waals surface area contributed by atoms with E-state index in [2.05, 4.69) is 4.98 Å². The third kappa shape index (κ3) is 3.01. The quantitative estimate of drug-likeness (QED) is 0.715. The molecule has 0 N–H and O–H groups in total. The van der Waals surface area contributed by atoms with Crippen molar-refractivity contribution >= 4 is 23.2 Å². The van der Waals surface area contributed by atoms with E-state index in [-0.39, 0.29) is 52.4 Å². The van der Waals surface area contributed by atoms with E-state index in [0.29, 0.717) is 5.75 Å². The average Bonchev–Trinajstić information content (AvgIpc) is 3.06. The van der Waals surface area contributed by atoms with Crippen molar-refractivity contribution in [2.45, 2.75) is 25.6 Å². The number of hydrogen-bond acceptors (Lipinski definition) is 7. The van der Waals surface area contributed by atoms with Crippen LogP contribution in [0.5, 0.6) is 17.2 Å². The molecule has 1 aromatic heterocycles. The number of allylic oxidation sites excluding steroid dienone is 1. The topological polar surface area (TPSA) is 84.0 Å². The van der Waals surface area contributed by atoms with Crippen molar-refractivity contribution in [1.82, 2.24) is 4.98 Å². The lowest BCUT2D eigenvalue weighted by molar-refractivity contribution is -0.118. The first-order chi connectivity index (χ1) is 14.4. The standard InChI is InChI=1S/C22H20ClNO6/c1-12-7-14(25)8-17(29-11-13-5-4-6-24-10-13)22(12)21(26)18-15(27-2)9-16(28-3)19(23)20(18)30-22/h4-6,8-10,12H,7,11H2,1-3H3/t12-,22+/m1/s1. The maximum Gasteiger partial charge on any atom is 0.231 e. The number of pyridine rings is 1. The van der Waals surface area contributed by atoms with Crippen molar-refractivity contribution in [3.63, 3.8) is 0 Å². The smallest absolute Gasteiger partial charge is 0.231 e. The van der Waals surface area contributed by atoms with Gasteiger partial charge in [-0.1, -0.05) is 24.6 Å². The van der Waals surface area contributed by atoms with E-state index >= 15 is 0 Å². The van der Waals surface area contributed by atoms with Crippen molar-refractivity contribution in [3.8, 4) is 17.2 Å². The van der Waals surface area contributed by atoms with E-state index in [1.165, 1.54) is 20.3 Å². The Labute approximate surface area is 178 Å². The molecule has 0 unspecified atom stereocenters. The molecule has 1 aliphatic heterocycles. The van der Waals surface area contributed by atoms with Gasteiger partial charge in [0.25, 0.3) is 0 Å². The summed E-state index contributed by atoms with van der Waals surface area (Å²) in [6.45, 7) is 1.91. The minimum absolute atomic E-state index is 0.128. The summed E-state index contributed by atoms with van der Waals surface area (Å²) < 4.78 is 22.9. The van der Waals surface area contributed by atoms with Crippen LogP contribution in [0.15, 0.2) is 42.4 Å². The Morgan fingerprint density at radius 1 is 1.27 bits per heavy atom. The monoisotopic (exact) mass is 429 g/mol. The lowest BCUT2D eigenvalue weighted by Crippen LogP contribution is -2.51. The van der Waals surface area contributed by atoms with Gasteiger partial charge < -0.3 is 18.9 Å². The molecule has 30 heavy (non-hydrogen) atoms. The fourth-order valence-corrected chi connectivity index (χ4v) is 4.15. The van der Waals surface area contributed by atoms with Crippen molar-refractivity contribution < 1.29 is 28.5 Å². The number of hydrogen-bond donors (Lipinski definition) is 0. The van der Waals surface area contributed by atoms with Crippen molar-refractivity contribution in [2.24, 2.45) is 5.92 Å². The normalized spacial score (nSPS) is 22.4. The molecular weight excluding hydrogens is 410 g/mol. The van der Waals surface area contributed by atoms with Gasteiger partial charge in [-0.25, -0.2) is 0 Å². The Morgan fingerprint density at radius 3 is 2.70 bits per heavy atom. The summed E-state index contributed by atoms with van der Waals surface area (Å²) in [4.78, 5) is 30.0. The fourth-order valence-electron chi connectivity index (χ4n) is 3.88. The minimum atomic E-state index is -1.51. The highest BCUT2D eigenvalue weighted by atomic mass is 35.5. The van der Waals surface area contributed by atoms with Crippen LogP contribution in [-0.2, 0) is 16.1 Å². The van der Waals surface area contributed by atoms with E-state index < -0.39 is 11.5 Å². The molecule has 0 radical (unpaired) electrons. The van der Waals surface area contributed by atoms with Crippen LogP contribution in [0.4, 0.5) is 0 Å². The van der Waals surface area contributed by atoms with Gasteiger partial charge in [0.2, 0.25) is 11.4 Å². The summed E-state index contributed by atoms with van der Waals surface area (Å²) in [6, 6.07) is 5.16. The van der Waals surface area contributed by atoms with Gasteiger partial charge in [0.1, 0.15) is 28.7 Å². The molecule has 0 fully saturated rings. The van der Waals surface area contributed by atoms with Crippen LogP contribution in [0.1, 0.15) is 29.3 Å². The number of benzene rings is 1. The number of methoxy groups -OCH3 is 2. The van der Waals surface area contributed by atoms with Gasteiger partial charge >= 0.3 is 0 Å². The second-order valence-corrected chi connectivity index (χ2v) is 7.57. The number of fused-ring (bicyclic) bond motifs is 1. The highest BCUT2D eigenvalue weighted by Crippen LogP contribution is 2.54. The molecule has 1 aromatic carbocycles. The zero-order valence-corrected chi connectivity index (χ0v) is 17.5. The van der Waals surface area contributed by atoms with Gasteiger partial charge in [0.15, 0.2) is 17.3 Å². The Balaban J connectivity index is 1.80. The summed E-state index contributed by atoms with van der Waals surface area (Å²) in [6.07, 6.45) is 4.77. The lowest BCUT2D eigenvalue weighted by atomic mass is 9.75. The largest absolute Gasteiger partial charge is 0.496 e. The molecule has 0 bridgehead atoms. The molecule has 1 aliphatic carbocycles. The number of ketones is 2. The Morgan fingerprint density at radius 2 is 2.03 bits per heavy atom. The number of aromatic nitrogens is 1. The maximum absolute atomic E-state index is 13.7. The fraction of sp³-hybridized carbons (Fsp3) is 0.318. The highest BCUT2D eigenvalue weighted by Gasteiger charge is 2.60. The zero-order valence-electron chi connectivity index (χ0n) is 16.7. The first-order valence-electron chi connectivity index (χ1n) is 9.37. The number of ether oxygens (including phenoxy) is 4. The summed E-state index contributed by atoms with van der Waals surface area (Å²) in [5.74, 6) is -0.0788. The van der Waals surface area contributed by atoms with Crippen LogP contribution < -0.4 is 14.2 Å². The van der Waals surface area contributed by atoms with E-state index in [4.69, 9.17) is 30.5 Å². The maximum atomic E-state index is 13.7. The first-order valence-corrected chi connectivity index (χ1v) is 9.75. The van der Waals surface area contributed by atoms with E-state index in [1.807, 2.05) is 6.07 Å². The number of carbonyl (C=O) groups is 2. The minimum Gasteiger partial charge on any atom is -0.496 e. The summed E-state index contributed by atoms with van der Waals surface area (Å²) >= 11 is 6.45. The molecule has 2 aliphatic rings. The van der Waals surface area contributed by atoms with E-state index in [0.717, 1.165) is 5.56 Å². The molecule has 0 saturated carbocycles. The van der Waals surface area contributed by atoms with Crippen molar-refractivity contribution in [2.75, 3.05) is 14.2 Å². The number of rotatable bonds is 5. The van der Waals surface area contributed by atoms with Gasteiger partial charge in [-0.15, -0.1) is 0 Å². The van der Waals surface area contributed by atoms with Gasteiger partial charge in [-0.05, 0) is 6.07 Å². The van der Waals surface area contributed by atoms with E-state index in [1.54, 1.807) is 31.5 Å². The van der Waals surface area contributed by atoms with Gasteiger partial charge in [0, 0.05) is 42.4 Å². The van der Waals surface area contributed by atoms with Crippen molar-refractivity contribution in [3.05, 3.63) is 58.6 Å². The second-order valence-electron chi connectivity index (χ2n) is 7.20. The zero-order chi connectivity index (χ0) is 21.5. The highest BCUT2D eigenvalue weighted by molar-refractivity contribution is 6.35. The van der Waals surface area contributed by atoms with Gasteiger partial charge in [-0.3, -0.25) is 14.6 Å². The van der Waals surface area contributed by atoms with Crippen LogP contribution >= 0.6 is 11.6 Å². The molecular formula is C22H20ClNO6. The van der Waals surface area contributed by atoms with Crippen LogP contribution in [0, 0.1) is 5.92 Å². The number of carbonyl (C=O) groups excluding carboxylic acids is 2. The molecule has 4 rings (SSSR count). The summed E-state index contributed by atoms with van der Waals surface area (Å²) in [7, 11) is 2.91. The summed E-state index contributed by atoms with van der Waals surface area (Å²) in [5.41, 5.74) is -0.512. The predicted octanol–water partition coefficient (Wildman–Crippen LogP) is 3.78. The van der Waals surface area contributed by atoms with Crippen LogP contribution in [0.25, 0.3) is 0 Å².